The standard InChI is InChI=1S/C24H21ClN6O/c1-16-6-8-17(9-7-16)15-26-31-24-29-22(18-4-3-5-21(14-18)32-2)28-23(30-24)27-20-12-10-19(25)11-13-20/h3-15H,1-2H3,(H2,27,28,29,30,31)/b26-15+. The molecule has 0 amide bonds. The summed E-state index contributed by atoms with van der Waals surface area (Å²) in [6, 6.07) is 22.8. The highest BCUT2D eigenvalue weighted by Crippen LogP contribution is 2.24. The highest BCUT2D eigenvalue weighted by atomic mass is 35.5. The SMILES string of the molecule is COc1cccc(-c2nc(N/N=C/c3ccc(C)cc3)nc(Nc3ccc(Cl)cc3)n2)c1. The molecule has 1 aromatic heterocycles. The van der Waals surface area contributed by atoms with Crippen LogP contribution in [0.15, 0.2) is 77.9 Å². The van der Waals surface area contributed by atoms with Crippen LogP contribution < -0.4 is 15.5 Å². The molecule has 0 saturated carbocycles. The quantitative estimate of drug-likeness (QED) is 0.281. The van der Waals surface area contributed by atoms with E-state index in [1.165, 1.54) is 5.56 Å². The van der Waals surface area contributed by atoms with Gasteiger partial charge in [-0.1, -0.05) is 53.6 Å². The van der Waals surface area contributed by atoms with E-state index < -0.39 is 0 Å². The van der Waals surface area contributed by atoms with Gasteiger partial charge in [-0.2, -0.15) is 20.1 Å². The van der Waals surface area contributed by atoms with Crippen molar-refractivity contribution in [3.05, 3.63) is 88.9 Å². The van der Waals surface area contributed by atoms with Gasteiger partial charge >= 0.3 is 0 Å². The second-order valence-electron chi connectivity index (χ2n) is 6.95. The fraction of sp³-hybridized carbons (Fsp3) is 0.0833. The molecule has 2 N–H and O–H groups in total. The fourth-order valence-electron chi connectivity index (χ4n) is 2.85. The maximum Gasteiger partial charge on any atom is 0.248 e. The van der Waals surface area contributed by atoms with Gasteiger partial charge in [0.2, 0.25) is 11.9 Å². The number of anilines is 3. The minimum atomic E-state index is 0.303. The molecule has 32 heavy (non-hydrogen) atoms. The van der Waals surface area contributed by atoms with E-state index in [0.29, 0.717) is 28.5 Å². The van der Waals surface area contributed by atoms with Crippen LogP contribution in [0.25, 0.3) is 11.4 Å². The molecule has 3 aromatic carbocycles. The molecule has 0 aliphatic heterocycles. The molecule has 4 aromatic rings. The Kier molecular flexibility index (Phi) is 6.57. The monoisotopic (exact) mass is 444 g/mol. The highest BCUT2D eigenvalue weighted by molar-refractivity contribution is 6.30. The molecule has 0 aliphatic rings. The van der Waals surface area contributed by atoms with Crippen molar-refractivity contribution in [3.8, 4) is 17.1 Å². The lowest BCUT2D eigenvalue weighted by Gasteiger charge is -2.09. The fourth-order valence-corrected chi connectivity index (χ4v) is 2.98. The Balaban J connectivity index is 1.64. The zero-order chi connectivity index (χ0) is 22.3. The van der Waals surface area contributed by atoms with Crippen LogP contribution in [0.2, 0.25) is 5.02 Å². The summed E-state index contributed by atoms with van der Waals surface area (Å²) in [6.45, 7) is 2.04. The summed E-state index contributed by atoms with van der Waals surface area (Å²) in [4.78, 5) is 13.5. The van der Waals surface area contributed by atoms with Crippen LogP contribution in [0.5, 0.6) is 5.75 Å². The molecule has 0 unspecified atom stereocenters. The van der Waals surface area contributed by atoms with Gasteiger partial charge in [-0.3, -0.25) is 0 Å². The highest BCUT2D eigenvalue weighted by Gasteiger charge is 2.10. The predicted octanol–water partition coefficient (Wildman–Crippen LogP) is 5.70. The van der Waals surface area contributed by atoms with E-state index in [-0.39, 0.29) is 0 Å². The Hall–Kier alpha value is -3.97. The molecule has 8 heteroatoms. The van der Waals surface area contributed by atoms with Gasteiger partial charge in [-0.05, 0) is 48.9 Å². The van der Waals surface area contributed by atoms with Gasteiger partial charge in [-0.15, -0.1) is 0 Å². The van der Waals surface area contributed by atoms with Crippen molar-refractivity contribution in [2.45, 2.75) is 6.92 Å². The van der Waals surface area contributed by atoms with Gasteiger partial charge in [0.05, 0.1) is 13.3 Å². The van der Waals surface area contributed by atoms with E-state index >= 15 is 0 Å². The van der Waals surface area contributed by atoms with Crippen molar-refractivity contribution < 1.29 is 4.74 Å². The largest absolute Gasteiger partial charge is 0.497 e. The lowest BCUT2D eigenvalue weighted by atomic mass is 10.2. The number of hydrogen-bond acceptors (Lipinski definition) is 7. The molecule has 0 atom stereocenters. The van der Waals surface area contributed by atoms with Gasteiger partial charge < -0.3 is 10.1 Å². The summed E-state index contributed by atoms with van der Waals surface area (Å²) >= 11 is 5.98. The third-order valence-electron chi connectivity index (χ3n) is 4.52. The average Bonchev–Trinajstić information content (AvgIpc) is 2.82. The smallest absolute Gasteiger partial charge is 0.248 e. The summed E-state index contributed by atoms with van der Waals surface area (Å²) < 4.78 is 5.33. The van der Waals surface area contributed by atoms with Crippen LogP contribution in [-0.2, 0) is 0 Å². The Labute approximate surface area is 191 Å². The van der Waals surface area contributed by atoms with E-state index in [0.717, 1.165) is 16.8 Å². The van der Waals surface area contributed by atoms with Crippen LogP contribution in [-0.4, -0.2) is 28.3 Å². The molecule has 1 heterocycles. The maximum atomic E-state index is 5.98. The van der Waals surface area contributed by atoms with Crippen molar-refractivity contribution in [1.29, 1.82) is 0 Å². The van der Waals surface area contributed by atoms with Gasteiger partial charge in [0, 0.05) is 16.3 Å². The second kappa shape index (κ2) is 9.89. The van der Waals surface area contributed by atoms with Crippen molar-refractivity contribution in [3.63, 3.8) is 0 Å². The Morgan fingerprint density at radius 1 is 0.906 bits per heavy atom. The van der Waals surface area contributed by atoms with Gasteiger partial charge in [0.15, 0.2) is 5.82 Å². The lowest BCUT2D eigenvalue weighted by Crippen LogP contribution is -2.05. The molecule has 4 rings (SSSR count). The van der Waals surface area contributed by atoms with E-state index in [2.05, 4.69) is 30.8 Å². The normalized spacial score (nSPS) is 10.8. The minimum absolute atomic E-state index is 0.303. The number of nitrogens with one attached hydrogen (secondary N) is 2. The van der Waals surface area contributed by atoms with Crippen LogP contribution in [0.3, 0.4) is 0 Å². The zero-order valence-electron chi connectivity index (χ0n) is 17.6. The number of benzene rings is 3. The first kappa shape index (κ1) is 21.3. The van der Waals surface area contributed by atoms with Crippen molar-refractivity contribution in [1.82, 2.24) is 15.0 Å². The topological polar surface area (TPSA) is 84.3 Å². The van der Waals surface area contributed by atoms with Crippen LogP contribution >= 0.6 is 11.6 Å². The van der Waals surface area contributed by atoms with E-state index in [1.54, 1.807) is 25.5 Å². The number of hydrazone groups is 1. The number of hydrogen-bond donors (Lipinski definition) is 2. The van der Waals surface area contributed by atoms with Crippen molar-refractivity contribution in [2.24, 2.45) is 5.10 Å². The van der Waals surface area contributed by atoms with Gasteiger partial charge in [0.1, 0.15) is 5.75 Å². The Morgan fingerprint density at radius 2 is 1.66 bits per heavy atom. The summed E-state index contributed by atoms with van der Waals surface area (Å²) in [6.07, 6.45) is 1.71. The maximum absolute atomic E-state index is 5.98. The third-order valence-corrected chi connectivity index (χ3v) is 4.77. The van der Waals surface area contributed by atoms with Crippen molar-refractivity contribution in [2.75, 3.05) is 17.9 Å². The Bertz CT molecular complexity index is 1230. The number of methoxy groups -OCH3 is 1. The first-order chi connectivity index (χ1) is 15.6. The van der Waals surface area contributed by atoms with E-state index in [9.17, 15) is 0 Å². The molecular formula is C24H21ClN6O. The van der Waals surface area contributed by atoms with Crippen molar-refractivity contribution >= 4 is 35.4 Å². The van der Waals surface area contributed by atoms with E-state index in [4.69, 9.17) is 16.3 Å². The lowest BCUT2D eigenvalue weighted by molar-refractivity contribution is 0.415. The van der Waals surface area contributed by atoms with Crippen LogP contribution in [0.1, 0.15) is 11.1 Å². The number of aryl methyl sites for hydroxylation is 1. The Morgan fingerprint density at radius 3 is 2.41 bits per heavy atom. The summed E-state index contributed by atoms with van der Waals surface area (Å²) in [5.41, 5.74) is 6.63. The van der Waals surface area contributed by atoms with Crippen LogP contribution in [0.4, 0.5) is 17.6 Å². The molecule has 0 saturated heterocycles. The summed E-state index contributed by atoms with van der Waals surface area (Å²) in [7, 11) is 1.62. The van der Waals surface area contributed by atoms with Gasteiger partial charge in [-0.25, -0.2) is 5.43 Å². The third kappa shape index (κ3) is 5.59. The molecule has 0 bridgehead atoms. The predicted molar refractivity (Wildman–Crippen MR) is 129 cm³/mol. The molecule has 0 radical (unpaired) electrons. The summed E-state index contributed by atoms with van der Waals surface area (Å²) in [5, 5.41) is 8.10. The molecule has 0 fully saturated rings. The average molecular weight is 445 g/mol. The van der Waals surface area contributed by atoms with Gasteiger partial charge in [0.25, 0.3) is 0 Å². The molecule has 160 valence electrons. The number of halogens is 1. The van der Waals surface area contributed by atoms with E-state index in [1.807, 2.05) is 67.6 Å². The number of ether oxygens (including phenoxy) is 1. The molecule has 0 aliphatic carbocycles. The number of rotatable bonds is 7. The minimum Gasteiger partial charge on any atom is -0.497 e. The second-order valence-corrected chi connectivity index (χ2v) is 7.39. The molecule has 7 nitrogen and oxygen atoms in total. The number of nitrogens with zero attached hydrogens (tertiary/aromatic N) is 4. The summed E-state index contributed by atoms with van der Waals surface area (Å²) in [5.74, 6) is 1.86. The zero-order valence-corrected chi connectivity index (χ0v) is 18.3. The first-order valence-corrected chi connectivity index (χ1v) is 10.3. The van der Waals surface area contributed by atoms with Crippen LogP contribution in [0, 0.1) is 6.92 Å². The molecule has 0 spiro atoms. The molecular weight excluding hydrogens is 424 g/mol. The first-order valence-electron chi connectivity index (χ1n) is 9.88. The number of aromatic nitrogens is 3.